The molecule has 0 aromatic carbocycles. The van der Waals surface area contributed by atoms with Gasteiger partial charge in [-0.3, -0.25) is 4.79 Å². The Bertz CT molecular complexity index is 743. The highest BCUT2D eigenvalue weighted by Crippen LogP contribution is 2.29. The quantitative estimate of drug-likeness (QED) is 0.631. The van der Waals surface area contributed by atoms with Crippen molar-refractivity contribution in [3.8, 4) is 0 Å². The van der Waals surface area contributed by atoms with Gasteiger partial charge in [0, 0.05) is 19.3 Å². The van der Waals surface area contributed by atoms with Gasteiger partial charge in [0.25, 0.3) is 0 Å². The van der Waals surface area contributed by atoms with Crippen LogP contribution in [-0.4, -0.2) is 51.6 Å². The third-order valence-corrected chi connectivity index (χ3v) is 6.42. The minimum Gasteiger partial charge on any atom is -0.444 e. The van der Waals surface area contributed by atoms with Crippen LogP contribution in [0.5, 0.6) is 0 Å². The number of carbonyl (C=O) groups excluding carboxylic acids is 2. The fraction of sp³-hybridized carbons (Fsp3) is 0.667. The molecule has 10 heteroatoms. The summed E-state index contributed by atoms with van der Waals surface area (Å²) in [5, 5.41) is 2.27. The Morgan fingerprint density at radius 3 is 2.39 bits per heavy atom. The zero-order valence-corrected chi connectivity index (χ0v) is 19.1. The van der Waals surface area contributed by atoms with Gasteiger partial charge in [-0.15, -0.1) is 11.8 Å². The number of alkyl halides is 3. The molecule has 1 aromatic rings. The number of aromatic nitrogens is 1. The normalized spacial score (nSPS) is 16.7. The average Bonchev–Trinajstić information content (AvgIpc) is 2.67. The molecule has 2 rings (SSSR count). The molecule has 0 aliphatic carbocycles. The lowest BCUT2D eigenvalue weighted by molar-refractivity contribution is -0.137. The molecule has 1 N–H and O–H groups in total. The van der Waals surface area contributed by atoms with E-state index in [2.05, 4.69) is 10.3 Å². The molecule has 0 spiro atoms. The van der Waals surface area contributed by atoms with E-state index < -0.39 is 17.3 Å². The topological polar surface area (TPSA) is 71.5 Å². The molecule has 1 atom stereocenters. The zero-order chi connectivity index (χ0) is 23.2. The summed E-state index contributed by atoms with van der Waals surface area (Å²) in [6, 6.07) is 2.06. The van der Waals surface area contributed by atoms with E-state index >= 15 is 0 Å². The molecule has 0 bridgehead atoms. The van der Waals surface area contributed by atoms with Crippen LogP contribution in [0.3, 0.4) is 0 Å². The number of amides is 2. The molecular weight excluding hydrogens is 431 g/mol. The second kappa shape index (κ2) is 10.6. The molecule has 6 nitrogen and oxygen atoms in total. The summed E-state index contributed by atoms with van der Waals surface area (Å²) < 4.78 is 43.3. The van der Waals surface area contributed by atoms with Gasteiger partial charge in [-0.1, -0.05) is 6.92 Å². The number of nitrogens with zero attached hydrogens (tertiary/aromatic N) is 2. The standard InChI is InChI=1S/C21H30F3N3O3S/c1-5-16(18(28)26-17-7-6-15(12-25-17)21(22,23)24)31-13-14-8-10-27(11-9-14)19(29)30-20(2,3)4/h6-7,12,14,16H,5,8-11,13H2,1-4H3,(H,25,26,28). The van der Waals surface area contributed by atoms with E-state index in [1.807, 2.05) is 27.7 Å². The lowest BCUT2D eigenvalue weighted by atomic mass is 9.99. The lowest BCUT2D eigenvalue weighted by Gasteiger charge is -2.33. The number of pyridine rings is 1. The zero-order valence-electron chi connectivity index (χ0n) is 18.3. The first-order valence-electron chi connectivity index (χ1n) is 10.3. The van der Waals surface area contributed by atoms with Gasteiger partial charge in [-0.05, 0) is 63.8 Å². The summed E-state index contributed by atoms with van der Waals surface area (Å²) in [6.07, 6.45) is -1.78. The third-order valence-electron chi connectivity index (χ3n) is 4.80. The van der Waals surface area contributed by atoms with Crippen molar-refractivity contribution >= 4 is 29.6 Å². The van der Waals surface area contributed by atoms with E-state index in [4.69, 9.17) is 4.74 Å². The van der Waals surface area contributed by atoms with Gasteiger partial charge in [-0.2, -0.15) is 13.2 Å². The van der Waals surface area contributed by atoms with Crippen LogP contribution in [-0.2, 0) is 15.7 Å². The SMILES string of the molecule is CCC(SCC1CCN(C(=O)OC(C)(C)C)CC1)C(=O)Nc1ccc(C(F)(F)F)cn1. The monoisotopic (exact) mass is 461 g/mol. The number of anilines is 1. The van der Waals surface area contributed by atoms with Crippen molar-refractivity contribution in [3.63, 3.8) is 0 Å². The molecule has 1 fully saturated rings. The second-order valence-corrected chi connectivity index (χ2v) is 9.80. The van der Waals surface area contributed by atoms with Crippen molar-refractivity contribution in [3.05, 3.63) is 23.9 Å². The minimum atomic E-state index is -4.46. The molecule has 0 saturated carbocycles. The molecule has 0 radical (unpaired) electrons. The summed E-state index contributed by atoms with van der Waals surface area (Å²) in [6.45, 7) is 8.65. The Labute approximate surface area is 185 Å². The van der Waals surface area contributed by atoms with Crippen molar-refractivity contribution < 1.29 is 27.5 Å². The molecular formula is C21H30F3N3O3S. The van der Waals surface area contributed by atoms with Crippen LogP contribution in [0.2, 0.25) is 0 Å². The molecule has 2 amide bonds. The Hall–Kier alpha value is -1.97. The van der Waals surface area contributed by atoms with E-state index in [0.29, 0.717) is 31.6 Å². The number of hydrogen-bond acceptors (Lipinski definition) is 5. The van der Waals surface area contributed by atoms with Crippen molar-refractivity contribution in [1.82, 2.24) is 9.88 Å². The van der Waals surface area contributed by atoms with Gasteiger partial charge >= 0.3 is 12.3 Å². The molecule has 174 valence electrons. The fourth-order valence-electron chi connectivity index (χ4n) is 3.08. The first-order valence-corrected chi connectivity index (χ1v) is 11.4. The van der Waals surface area contributed by atoms with E-state index in [1.54, 1.807) is 4.90 Å². The largest absolute Gasteiger partial charge is 0.444 e. The summed E-state index contributed by atoms with van der Waals surface area (Å²) in [7, 11) is 0. The molecule has 1 aliphatic heterocycles. The van der Waals surface area contributed by atoms with Crippen molar-refractivity contribution in [2.45, 2.75) is 64.0 Å². The van der Waals surface area contributed by atoms with Crippen LogP contribution >= 0.6 is 11.8 Å². The van der Waals surface area contributed by atoms with E-state index in [9.17, 15) is 22.8 Å². The fourth-order valence-corrected chi connectivity index (χ4v) is 4.37. The number of hydrogen-bond donors (Lipinski definition) is 1. The van der Waals surface area contributed by atoms with Gasteiger partial charge in [0.2, 0.25) is 5.91 Å². The number of likely N-dealkylation sites (tertiary alicyclic amines) is 1. The van der Waals surface area contributed by atoms with Crippen molar-refractivity contribution in [2.24, 2.45) is 5.92 Å². The van der Waals surface area contributed by atoms with Crippen LogP contribution in [0.4, 0.5) is 23.8 Å². The minimum absolute atomic E-state index is 0.0997. The molecule has 2 heterocycles. The number of carbonyl (C=O) groups is 2. The van der Waals surface area contributed by atoms with E-state index in [-0.39, 0.29) is 23.1 Å². The highest BCUT2D eigenvalue weighted by atomic mass is 32.2. The summed E-state index contributed by atoms with van der Waals surface area (Å²) >= 11 is 1.53. The molecule has 1 aromatic heterocycles. The summed E-state index contributed by atoms with van der Waals surface area (Å²) in [4.78, 5) is 30.1. The van der Waals surface area contributed by atoms with Crippen LogP contribution in [0.15, 0.2) is 18.3 Å². The third kappa shape index (κ3) is 8.23. The Morgan fingerprint density at radius 2 is 1.90 bits per heavy atom. The van der Waals surface area contributed by atoms with Gasteiger partial charge in [0.05, 0.1) is 10.8 Å². The Kier molecular flexibility index (Phi) is 8.62. The van der Waals surface area contributed by atoms with Gasteiger partial charge in [0.15, 0.2) is 0 Å². The van der Waals surface area contributed by atoms with Gasteiger partial charge < -0.3 is 15.0 Å². The highest BCUT2D eigenvalue weighted by molar-refractivity contribution is 8.00. The molecule has 1 unspecified atom stereocenters. The van der Waals surface area contributed by atoms with E-state index in [1.165, 1.54) is 11.8 Å². The predicted octanol–water partition coefficient (Wildman–Crippen LogP) is 5.20. The second-order valence-electron chi connectivity index (χ2n) is 8.56. The summed E-state index contributed by atoms with van der Waals surface area (Å²) in [5.41, 5.74) is -1.38. The first kappa shape index (κ1) is 25.3. The maximum atomic E-state index is 12.6. The maximum Gasteiger partial charge on any atom is 0.417 e. The van der Waals surface area contributed by atoms with Crippen molar-refractivity contribution in [1.29, 1.82) is 0 Å². The summed E-state index contributed by atoms with van der Waals surface area (Å²) in [5.74, 6) is 0.984. The van der Waals surface area contributed by atoms with E-state index in [0.717, 1.165) is 30.7 Å². The Morgan fingerprint density at radius 1 is 1.26 bits per heavy atom. The number of ether oxygens (including phenoxy) is 1. The number of nitrogens with one attached hydrogen (secondary N) is 1. The van der Waals surface area contributed by atoms with Crippen LogP contribution in [0.1, 0.15) is 52.5 Å². The van der Waals surface area contributed by atoms with Gasteiger partial charge in [0.1, 0.15) is 11.4 Å². The predicted molar refractivity (Wildman–Crippen MR) is 115 cm³/mol. The molecule has 1 aliphatic rings. The lowest BCUT2D eigenvalue weighted by Crippen LogP contribution is -2.42. The Balaban J connectivity index is 1.79. The van der Waals surface area contributed by atoms with Crippen molar-refractivity contribution in [2.75, 3.05) is 24.2 Å². The average molecular weight is 462 g/mol. The van der Waals surface area contributed by atoms with Gasteiger partial charge in [-0.25, -0.2) is 9.78 Å². The van der Waals surface area contributed by atoms with Crippen LogP contribution in [0, 0.1) is 5.92 Å². The van der Waals surface area contributed by atoms with Crippen LogP contribution < -0.4 is 5.32 Å². The number of rotatable bonds is 6. The highest BCUT2D eigenvalue weighted by Gasteiger charge is 2.31. The number of thioether (sulfide) groups is 1. The smallest absolute Gasteiger partial charge is 0.417 e. The maximum absolute atomic E-state index is 12.6. The molecule has 1 saturated heterocycles. The number of piperidine rings is 1. The first-order chi connectivity index (χ1) is 14.4. The van der Waals surface area contributed by atoms with Crippen LogP contribution in [0.25, 0.3) is 0 Å². The molecule has 31 heavy (non-hydrogen) atoms. The number of halogens is 3.